The number of amides is 1. The van der Waals surface area contributed by atoms with Crippen LogP contribution in [0.25, 0.3) is 0 Å². The molecule has 154 valence electrons. The molecule has 30 heavy (non-hydrogen) atoms. The molecule has 2 unspecified atom stereocenters. The number of carbonyl (C=O) groups is 2. The number of nitrogens with one attached hydrogen (secondary N) is 2. The van der Waals surface area contributed by atoms with E-state index in [4.69, 9.17) is 0 Å². The predicted molar refractivity (Wildman–Crippen MR) is 114 cm³/mol. The zero-order valence-corrected chi connectivity index (χ0v) is 16.9. The molecule has 1 saturated heterocycles. The quantitative estimate of drug-likeness (QED) is 0.429. The van der Waals surface area contributed by atoms with Crippen molar-refractivity contribution in [1.29, 1.82) is 0 Å². The molecule has 1 amide bonds. The number of para-hydroxylation sites is 1. The number of benzene rings is 2. The van der Waals surface area contributed by atoms with E-state index < -0.39 is 11.1 Å². The second-order valence-corrected chi connectivity index (χ2v) is 7.91. The van der Waals surface area contributed by atoms with Crippen LogP contribution in [0.2, 0.25) is 0 Å². The van der Waals surface area contributed by atoms with Gasteiger partial charge in [0.05, 0.1) is 22.3 Å². The Morgan fingerprint density at radius 3 is 2.87 bits per heavy atom. The highest BCUT2D eigenvalue weighted by Crippen LogP contribution is 2.31. The Balaban J connectivity index is 1.60. The highest BCUT2D eigenvalue weighted by molar-refractivity contribution is 8.14. The van der Waals surface area contributed by atoms with Crippen LogP contribution in [-0.2, 0) is 4.79 Å². The molecule has 0 bridgehead atoms. The van der Waals surface area contributed by atoms with E-state index >= 15 is 0 Å². The van der Waals surface area contributed by atoms with E-state index in [2.05, 4.69) is 15.8 Å². The monoisotopic (exact) mass is 425 g/mol. The Hall–Kier alpha value is -3.08. The van der Waals surface area contributed by atoms with Crippen LogP contribution in [0.3, 0.4) is 0 Å². The molecule has 0 aliphatic carbocycles. The first-order valence-corrected chi connectivity index (χ1v) is 10.3. The number of Topliss-reactive ketones (excluding diaryl/α,β-unsaturated/α-hetero) is 1. The maximum atomic E-state index is 13.2. The summed E-state index contributed by atoms with van der Waals surface area (Å²) in [5.74, 6) is -0.697. The fourth-order valence-corrected chi connectivity index (χ4v) is 4.34. The van der Waals surface area contributed by atoms with Gasteiger partial charge in [0.25, 0.3) is 5.69 Å². The lowest BCUT2D eigenvalue weighted by Crippen LogP contribution is -2.49. The topological polar surface area (TPSA) is 117 Å². The van der Waals surface area contributed by atoms with Crippen molar-refractivity contribution in [1.82, 2.24) is 10.9 Å². The van der Waals surface area contributed by atoms with Crippen LogP contribution in [0.4, 0.5) is 11.4 Å². The third-order valence-electron chi connectivity index (χ3n) is 5.00. The third kappa shape index (κ3) is 3.84. The molecule has 2 aliphatic heterocycles. The van der Waals surface area contributed by atoms with E-state index in [0.717, 1.165) is 23.0 Å². The summed E-state index contributed by atoms with van der Waals surface area (Å²) in [4.78, 5) is 42.5. The smallest absolute Gasteiger partial charge is 0.270 e. The number of hydrogen-bond donors (Lipinski definition) is 2. The molecule has 0 radical (unpaired) electrons. The molecule has 10 heteroatoms. The highest BCUT2D eigenvalue weighted by atomic mass is 32.2. The van der Waals surface area contributed by atoms with Gasteiger partial charge in [-0.3, -0.25) is 30.0 Å². The minimum atomic E-state index is -0.535. The van der Waals surface area contributed by atoms with Crippen molar-refractivity contribution < 1.29 is 14.5 Å². The number of nitro benzene ring substituents is 1. The molecule has 2 aromatic rings. The Bertz CT molecular complexity index is 1060. The fourth-order valence-electron chi connectivity index (χ4n) is 3.41. The number of fused-ring (bicyclic) bond motifs is 1. The average Bonchev–Trinajstić information content (AvgIpc) is 3.22. The van der Waals surface area contributed by atoms with Crippen LogP contribution < -0.4 is 15.8 Å². The molecule has 4 rings (SSSR count). The maximum Gasteiger partial charge on any atom is 0.270 e. The molecular formula is C20H19N5O4S. The number of ketones is 1. The van der Waals surface area contributed by atoms with Gasteiger partial charge in [-0.15, -0.1) is 0 Å². The number of anilines is 1. The number of aliphatic imine (C=N–C) groups is 1. The number of thioether (sulfide) groups is 1. The first kappa shape index (κ1) is 20.2. The first-order valence-electron chi connectivity index (χ1n) is 9.32. The molecule has 1 fully saturated rings. The van der Waals surface area contributed by atoms with Gasteiger partial charge in [0, 0.05) is 24.2 Å². The van der Waals surface area contributed by atoms with Crippen LogP contribution in [0.15, 0.2) is 53.5 Å². The van der Waals surface area contributed by atoms with Gasteiger partial charge < -0.3 is 0 Å². The third-order valence-corrected chi connectivity index (χ3v) is 5.95. The van der Waals surface area contributed by atoms with E-state index in [1.54, 1.807) is 11.0 Å². The van der Waals surface area contributed by atoms with Crippen molar-refractivity contribution in [3.63, 3.8) is 0 Å². The predicted octanol–water partition coefficient (Wildman–Crippen LogP) is 2.27. The van der Waals surface area contributed by atoms with Gasteiger partial charge in [0.1, 0.15) is 6.17 Å². The number of hydrazine groups is 1. The summed E-state index contributed by atoms with van der Waals surface area (Å²) < 4.78 is 0. The Kier molecular flexibility index (Phi) is 5.62. The Morgan fingerprint density at radius 1 is 1.30 bits per heavy atom. The molecule has 9 nitrogen and oxygen atoms in total. The number of aryl methyl sites for hydroxylation is 1. The van der Waals surface area contributed by atoms with Crippen molar-refractivity contribution in [2.75, 3.05) is 17.2 Å². The Morgan fingerprint density at radius 2 is 2.10 bits per heavy atom. The van der Waals surface area contributed by atoms with Crippen molar-refractivity contribution in [2.24, 2.45) is 10.9 Å². The second kappa shape index (κ2) is 8.34. The van der Waals surface area contributed by atoms with Crippen LogP contribution in [0, 0.1) is 23.0 Å². The summed E-state index contributed by atoms with van der Waals surface area (Å²) in [5.41, 5.74) is 7.71. The summed E-state index contributed by atoms with van der Waals surface area (Å²) in [6, 6.07) is 13.1. The number of carbonyl (C=O) groups excluding carboxylic acids is 2. The number of amidine groups is 1. The van der Waals surface area contributed by atoms with Crippen LogP contribution >= 0.6 is 11.8 Å². The molecule has 0 saturated carbocycles. The normalized spacial score (nSPS) is 20.6. The molecular weight excluding hydrogens is 406 g/mol. The molecule has 0 aromatic heterocycles. The van der Waals surface area contributed by atoms with Gasteiger partial charge in [-0.1, -0.05) is 42.1 Å². The van der Waals surface area contributed by atoms with E-state index in [-0.39, 0.29) is 34.6 Å². The number of rotatable bonds is 5. The lowest BCUT2D eigenvalue weighted by Gasteiger charge is -2.33. The van der Waals surface area contributed by atoms with E-state index in [1.807, 2.05) is 31.2 Å². The largest absolute Gasteiger partial charge is 0.293 e. The summed E-state index contributed by atoms with van der Waals surface area (Å²) in [7, 11) is 0. The van der Waals surface area contributed by atoms with Gasteiger partial charge in [-0.05, 0) is 18.6 Å². The first-order chi connectivity index (χ1) is 14.5. The summed E-state index contributed by atoms with van der Waals surface area (Å²) in [6.45, 7) is 2.39. The van der Waals surface area contributed by atoms with Crippen molar-refractivity contribution >= 4 is 40.0 Å². The van der Waals surface area contributed by atoms with Crippen molar-refractivity contribution in [2.45, 2.75) is 13.1 Å². The SMILES string of the molecule is Cc1ccccc1N1C(=O)C2CNNC2N=C1SCC(=O)c1cccc([N+](=O)[O-])c1. The van der Waals surface area contributed by atoms with Crippen LogP contribution in [0.1, 0.15) is 15.9 Å². The van der Waals surface area contributed by atoms with Gasteiger partial charge in [0.15, 0.2) is 11.0 Å². The zero-order valence-electron chi connectivity index (χ0n) is 16.1. The second-order valence-electron chi connectivity index (χ2n) is 6.97. The number of non-ortho nitro benzene ring substituents is 1. The standard InChI is InChI=1S/C20H19N5O4S/c1-12-5-2-3-8-16(12)24-19(27)15-10-21-23-18(15)22-20(24)30-11-17(26)13-6-4-7-14(9-13)25(28)29/h2-9,15,18,21,23H,10-11H2,1H3. The van der Waals surface area contributed by atoms with Crippen molar-refractivity contribution in [3.8, 4) is 0 Å². The number of nitro groups is 1. The maximum absolute atomic E-state index is 13.2. The fraction of sp³-hybridized carbons (Fsp3) is 0.250. The highest BCUT2D eigenvalue weighted by Gasteiger charge is 2.42. The van der Waals surface area contributed by atoms with Gasteiger partial charge in [0.2, 0.25) is 5.91 Å². The molecule has 2 aliphatic rings. The molecule has 2 N–H and O–H groups in total. The van der Waals surface area contributed by atoms with Crippen LogP contribution in [0.5, 0.6) is 0 Å². The minimum Gasteiger partial charge on any atom is -0.293 e. The van der Waals surface area contributed by atoms with Crippen molar-refractivity contribution in [3.05, 3.63) is 69.8 Å². The zero-order chi connectivity index (χ0) is 21.3. The molecule has 2 atom stereocenters. The minimum absolute atomic E-state index is 0.000474. The average molecular weight is 425 g/mol. The number of nitrogens with zero attached hydrogens (tertiary/aromatic N) is 3. The van der Waals surface area contributed by atoms with E-state index in [9.17, 15) is 19.7 Å². The molecule has 0 spiro atoms. The summed E-state index contributed by atoms with van der Waals surface area (Å²) in [5, 5.41) is 11.4. The summed E-state index contributed by atoms with van der Waals surface area (Å²) >= 11 is 1.15. The van der Waals surface area contributed by atoms with Gasteiger partial charge in [-0.2, -0.15) is 0 Å². The van der Waals surface area contributed by atoms with Crippen LogP contribution in [-0.4, -0.2) is 40.2 Å². The lowest BCUT2D eigenvalue weighted by atomic mass is 10.0. The molecule has 2 heterocycles. The number of hydrogen-bond acceptors (Lipinski definition) is 8. The lowest BCUT2D eigenvalue weighted by molar-refractivity contribution is -0.384. The van der Waals surface area contributed by atoms with Gasteiger partial charge in [-0.25, -0.2) is 10.4 Å². The van der Waals surface area contributed by atoms with E-state index in [0.29, 0.717) is 11.7 Å². The Labute approximate surface area is 176 Å². The summed E-state index contributed by atoms with van der Waals surface area (Å²) in [6.07, 6.45) is -0.395. The van der Waals surface area contributed by atoms with Gasteiger partial charge >= 0.3 is 0 Å². The molecule has 2 aromatic carbocycles. The van der Waals surface area contributed by atoms with E-state index in [1.165, 1.54) is 18.2 Å².